The predicted molar refractivity (Wildman–Crippen MR) is 131 cm³/mol. The van der Waals surface area contributed by atoms with E-state index in [2.05, 4.69) is 0 Å². The third-order valence-corrected chi connectivity index (χ3v) is 7.28. The summed E-state index contributed by atoms with van der Waals surface area (Å²) < 4.78 is 5.62. The maximum Gasteiger partial charge on any atom is 0.316 e. The Hall–Kier alpha value is -3.74. The molecule has 1 aliphatic carbocycles. The Morgan fingerprint density at radius 3 is 2.60 bits per heavy atom. The first-order valence-corrected chi connectivity index (χ1v) is 12.0. The van der Waals surface area contributed by atoms with Gasteiger partial charge in [-0.2, -0.15) is 0 Å². The summed E-state index contributed by atoms with van der Waals surface area (Å²) in [7, 11) is 0. The van der Waals surface area contributed by atoms with Crippen LogP contribution in [0.2, 0.25) is 0 Å². The number of imide groups is 1. The smallest absolute Gasteiger partial charge is 0.316 e. The average molecular weight is 473 g/mol. The summed E-state index contributed by atoms with van der Waals surface area (Å²) in [5.74, 6) is -2.13. The number of benzene rings is 2. The van der Waals surface area contributed by atoms with E-state index in [0.717, 1.165) is 16.8 Å². The maximum atomic E-state index is 13.1. The van der Waals surface area contributed by atoms with Gasteiger partial charge in [0.1, 0.15) is 5.75 Å². The summed E-state index contributed by atoms with van der Waals surface area (Å²) in [5, 5.41) is 0. The molecule has 2 saturated heterocycles. The third-order valence-electron chi connectivity index (χ3n) is 7.28. The summed E-state index contributed by atoms with van der Waals surface area (Å²) in [6.07, 6.45) is 4.57. The van der Waals surface area contributed by atoms with Gasteiger partial charge in [-0.1, -0.05) is 37.3 Å². The van der Waals surface area contributed by atoms with E-state index in [1.807, 2.05) is 51.1 Å². The summed E-state index contributed by atoms with van der Waals surface area (Å²) in [6, 6.07) is 12.4. The number of hydrogen-bond acceptors (Lipinski definition) is 5. The van der Waals surface area contributed by atoms with Crippen LogP contribution in [-0.2, 0) is 19.2 Å². The van der Waals surface area contributed by atoms with Gasteiger partial charge in [-0.05, 0) is 55.5 Å². The normalized spacial score (nSPS) is 25.9. The number of amides is 3. The quantitative estimate of drug-likeness (QED) is 0.291. The topological polar surface area (TPSA) is 84.0 Å². The van der Waals surface area contributed by atoms with Gasteiger partial charge in [0.25, 0.3) is 0 Å². The number of allylic oxidation sites excluding steroid dienone is 2. The second kappa shape index (κ2) is 8.80. The Bertz CT molecular complexity index is 1270. The minimum atomic E-state index is -0.601. The van der Waals surface area contributed by atoms with Crippen molar-refractivity contribution in [2.75, 3.05) is 16.3 Å². The van der Waals surface area contributed by atoms with E-state index < -0.39 is 11.9 Å². The summed E-state index contributed by atoms with van der Waals surface area (Å²) in [6.45, 7) is 6.10. The molecule has 0 aromatic heterocycles. The van der Waals surface area contributed by atoms with Crippen LogP contribution in [0.25, 0.3) is 0 Å². The van der Waals surface area contributed by atoms with Crippen molar-refractivity contribution in [3.05, 3.63) is 65.7 Å². The van der Waals surface area contributed by atoms with E-state index in [-0.39, 0.29) is 54.2 Å². The number of ether oxygens (including phenoxy) is 1. The van der Waals surface area contributed by atoms with E-state index in [9.17, 15) is 19.2 Å². The van der Waals surface area contributed by atoms with Crippen LogP contribution in [0, 0.1) is 37.5 Å². The van der Waals surface area contributed by atoms with E-state index in [0.29, 0.717) is 12.1 Å². The average Bonchev–Trinajstić information content (AvgIpc) is 3.33. The minimum Gasteiger partial charge on any atom is -0.426 e. The lowest BCUT2D eigenvalue weighted by molar-refractivity contribution is -0.139. The first-order valence-electron chi connectivity index (χ1n) is 12.0. The molecular weight excluding hydrogens is 444 g/mol. The predicted octanol–water partition coefficient (Wildman–Crippen LogP) is 3.96. The van der Waals surface area contributed by atoms with Crippen LogP contribution in [0.4, 0.5) is 11.4 Å². The Morgan fingerprint density at radius 1 is 1.03 bits per heavy atom. The fourth-order valence-electron chi connectivity index (χ4n) is 5.40. The standard InChI is InChI=1S/C28H28N2O5/c1-16-10-11-17(2)23(12-16)29-15-19(13-24(29)31)28(34)35-21-8-5-7-20(14-21)30-26(32)22-9-4-6-18(3)25(22)27(30)33/h4-8,10-12,14,18-19,22,25H,9,13,15H2,1-3H3/t18-,19-,22-,25+/m1/s1. The molecule has 2 aromatic carbocycles. The van der Waals surface area contributed by atoms with Crippen LogP contribution < -0.4 is 14.5 Å². The fraction of sp³-hybridized carbons (Fsp3) is 0.357. The molecule has 2 heterocycles. The fourth-order valence-corrected chi connectivity index (χ4v) is 5.40. The Balaban J connectivity index is 1.31. The first-order chi connectivity index (χ1) is 16.7. The van der Waals surface area contributed by atoms with Crippen LogP contribution in [-0.4, -0.2) is 30.2 Å². The molecule has 2 fully saturated rings. The van der Waals surface area contributed by atoms with Crippen molar-refractivity contribution in [3.63, 3.8) is 0 Å². The van der Waals surface area contributed by atoms with Crippen molar-refractivity contribution >= 4 is 35.1 Å². The molecule has 5 rings (SSSR count). The van der Waals surface area contributed by atoms with Crippen molar-refractivity contribution < 1.29 is 23.9 Å². The number of carbonyl (C=O) groups is 4. The van der Waals surface area contributed by atoms with Crippen LogP contribution in [0.1, 0.15) is 30.9 Å². The van der Waals surface area contributed by atoms with Gasteiger partial charge < -0.3 is 9.64 Å². The number of rotatable bonds is 4. The molecule has 0 saturated carbocycles. The van der Waals surface area contributed by atoms with Crippen molar-refractivity contribution in [2.24, 2.45) is 23.7 Å². The second-order valence-electron chi connectivity index (χ2n) is 9.78. The van der Waals surface area contributed by atoms with Crippen LogP contribution in [0.15, 0.2) is 54.6 Å². The van der Waals surface area contributed by atoms with Crippen molar-refractivity contribution in [2.45, 2.75) is 33.6 Å². The molecule has 3 aliphatic rings. The molecule has 180 valence electrons. The molecule has 7 nitrogen and oxygen atoms in total. The Kier molecular flexibility index (Phi) is 5.79. The molecule has 0 unspecified atom stereocenters. The molecule has 0 radical (unpaired) electrons. The molecule has 3 amide bonds. The molecule has 2 aliphatic heterocycles. The van der Waals surface area contributed by atoms with Gasteiger partial charge in [0, 0.05) is 24.7 Å². The number of carbonyl (C=O) groups excluding carboxylic acids is 4. The monoisotopic (exact) mass is 472 g/mol. The van der Waals surface area contributed by atoms with Gasteiger partial charge >= 0.3 is 5.97 Å². The van der Waals surface area contributed by atoms with Gasteiger partial charge in [0.2, 0.25) is 17.7 Å². The lowest BCUT2D eigenvalue weighted by atomic mass is 9.78. The maximum absolute atomic E-state index is 13.1. The number of anilines is 2. The van der Waals surface area contributed by atoms with E-state index in [1.165, 1.54) is 4.90 Å². The lowest BCUT2D eigenvalue weighted by Gasteiger charge is -2.22. The SMILES string of the molecule is Cc1ccc(C)c(N2C[C@H](C(=O)Oc3cccc(N4C(=O)[C@H]5[C@H](C)C=CC[C@H]5C4=O)c3)CC2=O)c1. The zero-order valence-electron chi connectivity index (χ0n) is 20.1. The van der Waals surface area contributed by atoms with Gasteiger partial charge in [-0.3, -0.25) is 19.2 Å². The highest BCUT2D eigenvalue weighted by molar-refractivity contribution is 6.22. The number of nitrogens with zero attached hydrogens (tertiary/aromatic N) is 2. The largest absolute Gasteiger partial charge is 0.426 e. The zero-order valence-corrected chi connectivity index (χ0v) is 20.1. The van der Waals surface area contributed by atoms with E-state index in [1.54, 1.807) is 29.2 Å². The van der Waals surface area contributed by atoms with Crippen LogP contribution >= 0.6 is 0 Å². The zero-order chi connectivity index (χ0) is 24.9. The molecule has 7 heteroatoms. The Morgan fingerprint density at radius 2 is 1.83 bits per heavy atom. The van der Waals surface area contributed by atoms with Crippen LogP contribution in [0.3, 0.4) is 0 Å². The molecule has 0 N–H and O–H groups in total. The van der Waals surface area contributed by atoms with E-state index >= 15 is 0 Å². The number of hydrogen-bond donors (Lipinski definition) is 0. The van der Waals surface area contributed by atoms with Gasteiger partial charge in [-0.15, -0.1) is 0 Å². The highest BCUT2D eigenvalue weighted by Gasteiger charge is 2.50. The van der Waals surface area contributed by atoms with Crippen molar-refractivity contribution in [1.29, 1.82) is 0 Å². The van der Waals surface area contributed by atoms with Crippen LogP contribution in [0.5, 0.6) is 5.75 Å². The number of fused-ring (bicyclic) bond motifs is 1. The Labute approximate surface area is 204 Å². The highest BCUT2D eigenvalue weighted by Crippen LogP contribution is 2.41. The summed E-state index contributed by atoms with van der Waals surface area (Å²) in [4.78, 5) is 54.6. The number of esters is 1. The molecular formula is C28H28N2O5. The minimum absolute atomic E-state index is 0.00361. The van der Waals surface area contributed by atoms with Gasteiger partial charge in [0.15, 0.2) is 0 Å². The number of aryl methyl sites for hydroxylation is 2. The van der Waals surface area contributed by atoms with Gasteiger partial charge in [-0.25, -0.2) is 4.90 Å². The van der Waals surface area contributed by atoms with Gasteiger partial charge in [0.05, 0.1) is 23.4 Å². The van der Waals surface area contributed by atoms with Crippen molar-refractivity contribution in [1.82, 2.24) is 0 Å². The summed E-state index contributed by atoms with van der Waals surface area (Å²) in [5.41, 5.74) is 3.21. The van der Waals surface area contributed by atoms with E-state index in [4.69, 9.17) is 4.74 Å². The molecule has 35 heavy (non-hydrogen) atoms. The summed E-state index contributed by atoms with van der Waals surface area (Å²) >= 11 is 0. The first kappa shape index (κ1) is 23.0. The second-order valence-corrected chi connectivity index (χ2v) is 9.78. The highest BCUT2D eigenvalue weighted by atomic mass is 16.5. The van der Waals surface area contributed by atoms with Crippen molar-refractivity contribution in [3.8, 4) is 5.75 Å². The third kappa shape index (κ3) is 4.05. The molecule has 2 aromatic rings. The lowest BCUT2D eigenvalue weighted by Crippen LogP contribution is -2.31. The molecule has 0 bridgehead atoms. The molecule has 0 spiro atoms. The molecule has 4 atom stereocenters.